The molecule has 0 spiro atoms. The number of hydrogen-bond donors (Lipinski definition) is 0. The van der Waals surface area contributed by atoms with Crippen LogP contribution in [-0.2, 0) is 22.0 Å². The first-order valence-corrected chi connectivity index (χ1v) is 15.2. The number of aryl methyl sites for hydroxylation is 1. The van der Waals surface area contributed by atoms with Crippen molar-refractivity contribution in [3.8, 4) is 16.9 Å². The van der Waals surface area contributed by atoms with Crippen molar-refractivity contribution < 1.29 is 9.47 Å². The lowest BCUT2D eigenvalue weighted by Crippen LogP contribution is -2.27. The fourth-order valence-corrected chi connectivity index (χ4v) is 10.5. The molecule has 0 fully saturated rings. The van der Waals surface area contributed by atoms with Gasteiger partial charge in [0, 0.05) is 29.7 Å². The Morgan fingerprint density at radius 2 is 1.36 bits per heavy atom. The minimum Gasteiger partial charge on any atom is -0.467 e. The molecular weight excluding hydrogens is 479 g/mol. The largest absolute Gasteiger partial charge is 0.467 e. The molecule has 1 atom stereocenters. The predicted octanol–water partition coefficient (Wildman–Crippen LogP) is 7.48. The molecule has 0 radical (unpaired) electrons. The van der Waals surface area contributed by atoms with Gasteiger partial charge in [0.1, 0.15) is 5.75 Å². The van der Waals surface area contributed by atoms with Crippen molar-refractivity contribution >= 4 is 28.5 Å². The topological polar surface area (TPSA) is 18.5 Å². The summed E-state index contributed by atoms with van der Waals surface area (Å²) in [5.41, 5.74) is 7.49. The summed E-state index contributed by atoms with van der Waals surface area (Å²) in [4.78, 5) is 0. The molecule has 0 heterocycles. The second-order valence-corrected chi connectivity index (χ2v) is 15.1. The highest BCUT2D eigenvalue weighted by Crippen LogP contribution is 2.67. The maximum Gasteiger partial charge on any atom is 0.188 e. The van der Waals surface area contributed by atoms with Gasteiger partial charge in [0.05, 0.1) is 0 Å². The van der Waals surface area contributed by atoms with Crippen LogP contribution in [-0.4, -0.2) is 13.9 Å². The molecule has 4 aromatic carbocycles. The Morgan fingerprint density at radius 3 is 1.92 bits per heavy atom. The first-order chi connectivity index (χ1) is 17.3. The van der Waals surface area contributed by atoms with Crippen molar-refractivity contribution in [2.45, 2.75) is 38.8 Å². The van der Waals surface area contributed by atoms with E-state index < -0.39 is 6.04 Å². The third-order valence-corrected chi connectivity index (χ3v) is 12.3. The van der Waals surface area contributed by atoms with Gasteiger partial charge in [-0.2, -0.15) is 0 Å². The van der Waals surface area contributed by atoms with E-state index in [9.17, 15) is 0 Å². The van der Waals surface area contributed by atoms with Crippen LogP contribution in [0, 0.1) is 6.92 Å². The van der Waals surface area contributed by atoms with E-state index in [1.165, 1.54) is 38.7 Å². The zero-order chi connectivity index (χ0) is 25.5. The van der Waals surface area contributed by atoms with E-state index in [0.29, 0.717) is 0 Å². The van der Waals surface area contributed by atoms with Gasteiger partial charge in [0.2, 0.25) is 0 Å². The maximum atomic E-state index is 7.02. The number of ether oxygens (including phenoxy) is 2. The molecule has 184 valence electrons. The summed E-state index contributed by atoms with van der Waals surface area (Å²) in [5.74, 6) is 0.879. The van der Waals surface area contributed by atoms with Gasteiger partial charge < -0.3 is 9.47 Å². The highest BCUT2D eigenvalue weighted by atomic mass is 32.4. The lowest BCUT2D eigenvalue weighted by molar-refractivity contribution is 0.0506. The van der Waals surface area contributed by atoms with Crippen LogP contribution in [0.4, 0.5) is 0 Å². The predicted molar refractivity (Wildman–Crippen MR) is 156 cm³/mol. The molecule has 0 amide bonds. The Bertz CT molecular complexity index is 1410. The lowest BCUT2D eigenvalue weighted by Gasteiger charge is -2.35. The van der Waals surface area contributed by atoms with Gasteiger partial charge in [-0.25, -0.2) is 0 Å². The first kappa shape index (κ1) is 25.0. The molecule has 0 saturated carbocycles. The maximum absolute atomic E-state index is 7.02. The van der Waals surface area contributed by atoms with Crippen LogP contribution in [0.5, 0.6) is 5.75 Å². The van der Waals surface area contributed by atoms with Crippen LogP contribution < -0.4 is 15.3 Å². The molecule has 4 heteroatoms. The molecule has 1 aliphatic rings. The molecule has 0 saturated heterocycles. The lowest BCUT2D eigenvalue weighted by atomic mass is 9.85. The normalized spacial score (nSPS) is 14.7. The average Bonchev–Trinajstić information content (AvgIpc) is 3.22. The van der Waals surface area contributed by atoms with E-state index in [1.54, 1.807) is 7.11 Å². The van der Waals surface area contributed by atoms with Gasteiger partial charge in [-0.05, 0) is 51.5 Å². The van der Waals surface area contributed by atoms with Crippen LogP contribution >= 0.6 is 6.04 Å². The van der Waals surface area contributed by atoms with E-state index in [0.717, 1.165) is 11.1 Å². The smallest absolute Gasteiger partial charge is 0.188 e. The molecular formula is C32H33O2PS. The molecule has 0 bridgehead atoms. The molecule has 2 nitrogen and oxygen atoms in total. The zero-order valence-corrected chi connectivity index (χ0v) is 23.3. The number of hydrogen-bond acceptors (Lipinski definition) is 3. The standard InChI is InChI=1S/C32H33O2PS/c1-22-19-28(32(2,3)4)30(34-21-33-5)29(20-22)35(36,23-13-7-6-8-14-23)31-26-17-11-9-15-24(26)25-16-10-12-18-27(25)31/h6-20,31H,21H2,1-5H3. The first-order valence-electron chi connectivity index (χ1n) is 12.4. The van der Waals surface area contributed by atoms with Gasteiger partial charge >= 0.3 is 0 Å². The molecule has 0 aliphatic heterocycles. The SMILES string of the molecule is COCOc1c(C(C)(C)C)cc(C)cc1P(=S)(c1ccccc1)C1c2ccccc2-c2ccccc21. The number of methoxy groups -OCH3 is 1. The summed E-state index contributed by atoms with van der Waals surface area (Å²) in [6.07, 6.45) is 0. The minimum atomic E-state index is -2.48. The van der Waals surface area contributed by atoms with Crippen molar-refractivity contribution in [3.63, 3.8) is 0 Å². The molecule has 1 aliphatic carbocycles. The fourth-order valence-electron chi connectivity index (χ4n) is 5.42. The Kier molecular flexibility index (Phi) is 6.68. The van der Waals surface area contributed by atoms with E-state index in [2.05, 4.69) is 119 Å². The average molecular weight is 513 g/mol. The fraction of sp³-hybridized carbons (Fsp3) is 0.250. The van der Waals surface area contributed by atoms with Gasteiger partial charge in [0.15, 0.2) is 6.79 Å². The summed E-state index contributed by atoms with van der Waals surface area (Å²) in [6.45, 7) is 9.05. The van der Waals surface area contributed by atoms with Gasteiger partial charge in [-0.15, -0.1) is 0 Å². The van der Waals surface area contributed by atoms with E-state index in [1.807, 2.05) is 0 Å². The van der Waals surface area contributed by atoms with Crippen LogP contribution in [0.2, 0.25) is 0 Å². The summed E-state index contributed by atoms with van der Waals surface area (Å²) < 4.78 is 11.9. The highest BCUT2D eigenvalue weighted by Gasteiger charge is 2.43. The Hall–Kier alpha value is -2.71. The monoisotopic (exact) mass is 512 g/mol. The summed E-state index contributed by atoms with van der Waals surface area (Å²) in [5, 5.41) is 2.33. The molecule has 0 N–H and O–H groups in total. The number of rotatable bonds is 6. The highest BCUT2D eigenvalue weighted by molar-refractivity contribution is 8.22. The van der Waals surface area contributed by atoms with Gasteiger partial charge in [0.25, 0.3) is 0 Å². The van der Waals surface area contributed by atoms with Crippen molar-refractivity contribution in [2.24, 2.45) is 0 Å². The molecule has 36 heavy (non-hydrogen) atoms. The molecule has 4 aromatic rings. The number of benzene rings is 4. The zero-order valence-electron chi connectivity index (χ0n) is 21.6. The van der Waals surface area contributed by atoms with Crippen molar-refractivity contribution in [3.05, 3.63) is 113 Å². The third-order valence-electron chi connectivity index (χ3n) is 7.00. The Morgan fingerprint density at radius 1 is 0.806 bits per heavy atom. The number of fused-ring (bicyclic) bond motifs is 3. The summed E-state index contributed by atoms with van der Waals surface area (Å²) in [7, 11) is 1.67. The second kappa shape index (κ2) is 9.63. The second-order valence-electron chi connectivity index (χ2n) is 10.5. The van der Waals surface area contributed by atoms with Crippen LogP contribution in [0.15, 0.2) is 91.0 Å². The van der Waals surface area contributed by atoms with Crippen molar-refractivity contribution in [1.29, 1.82) is 0 Å². The van der Waals surface area contributed by atoms with Crippen LogP contribution in [0.3, 0.4) is 0 Å². The summed E-state index contributed by atoms with van der Waals surface area (Å²) in [6, 6.07) is 30.3. The van der Waals surface area contributed by atoms with E-state index in [4.69, 9.17) is 21.3 Å². The van der Waals surface area contributed by atoms with Gasteiger partial charge in [-0.3, -0.25) is 0 Å². The summed E-state index contributed by atoms with van der Waals surface area (Å²) >= 11 is 7.02. The Labute approximate surface area is 220 Å². The van der Waals surface area contributed by atoms with E-state index in [-0.39, 0.29) is 17.9 Å². The molecule has 0 aromatic heterocycles. The Balaban J connectivity index is 1.90. The van der Waals surface area contributed by atoms with Crippen molar-refractivity contribution in [1.82, 2.24) is 0 Å². The molecule has 1 unspecified atom stereocenters. The van der Waals surface area contributed by atoms with Crippen molar-refractivity contribution in [2.75, 3.05) is 13.9 Å². The van der Waals surface area contributed by atoms with Gasteiger partial charge in [-0.1, -0.05) is 118 Å². The minimum absolute atomic E-state index is 0.0572. The van der Waals surface area contributed by atoms with Crippen LogP contribution in [0.25, 0.3) is 11.1 Å². The third kappa shape index (κ3) is 4.14. The molecule has 5 rings (SSSR count). The quantitative estimate of drug-likeness (QED) is 0.197. The van der Waals surface area contributed by atoms with Crippen LogP contribution in [0.1, 0.15) is 48.7 Å². The van der Waals surface area contributed by atoms with E-state index >= 15 is 0 Å².